The second kappa shape index (κ2) is 5.29. The zero-order valence-corrected chi connectivity index (χ0v) is 11.7. The van der Waals surface area contributed by atoms with Gasteiger partial charge in [0, 0.05) is 28.7 Å². The fourth-order valence-corrected chi connectivity index (χ4v) is 2.89. The zero-order valence-electron chi connectivity index (χ0n) is 11.7. The van der Waals surface area contributed by atoms with Gasteiger partial charge in [-0.1, -0.05) is 0 Å². The zero-order chi connectivity index (χ0) is 14.1. The lowest BCUT2D eigenvalue weighted by Crippen LogP contribution is -2.30. The standard InChI is InChI=1S/C16H20N2O2/c1-10(19)9-17-16(20)11-6-7-15-13(8-11)12-4-2-3-5-14(12)18-15/h6-8,10,18-19H,2-5,9H2,1H3,(H,17,20)/t10-/m1/s1. The summed E-state index contributed by atoms with van der Waals surface area (Å²) in [6.07, 6.45) is 4.13. The SMILES string of the molecule is C[C@@H](O)CNC(=O)c1ccc2[nH]c3c(c2c1)CCCC3. The maximum atomic E-state index is 12.1. The van der Waals surface area contributed by atoms with Crippen LogP contribution in [0, 0.1) is 0 Å². The number of aliphatic hydroxyl groups excluding tert-OH is 1. The average molecular weight is 272 g/mol. The van der Waals surface area contributed by atoms with Crippen LogP contribution in [-0.4, -0.2) is 28.6 Å². The number of amides is 1. The van der Waals surface area contributed by atoms with Gasteiger partial charge in [0.1, 0.15) is 0 Å². The van der Waals surface area contributed by atoms with Crippen LogP contribution in [-0.2, 0) is 12.8 Å². The predicted octanol–water partition coefficient (Wildman–Crippen LogP) is 2.16. The van der Waals surface area contributed by atoms with Crippen LogP contribution in [0.15, 0.2) is 18.2 Å². The first-order valence-corrected chi connectivity index (χ1v) is 7.25. The Morgan fingerprint density at radius 3 is 3.00 bits per heavy atom. The minimum Gasteiger partial charge on any atom is -0.392 e. The number of fused-ring (bicyclic) bond motifs is 3. The Labute approximate surface area is 118 Å². The van der Waals surface area contributed by atoms with Gasteiger partial charge in [-0.2, -0.15) is 0 Å². The highest BCUT2D eigenvalue weighted by atomic mass is 16.3. The molecule has 4 nitrogen and oxygen atoms in total. The third-order valence-corrected chi connectivity index (χ3v) is 3.92. The molecule has 3 rings (SSSR count). The van der Waals surface area contributed by atoms with Gasteiger partial charge in [-0.3, -0.25) is 4.79 Å². The number of nitrogens with one attached hydrogen (secondary N) is 2. The van der Waals surface area contributed by atoms with Gasteiger partial charge in [0.05, 0.1) is 6.10 Å². The highest BCUT2D eigenvalue weighted by Gasteiger charge is 2.16. The summed E-state index contributed by atoms with van der Waals surface area (Å²) in [5.74, 6) is -0.126. The summed E-state index contributed by atoms with van der Waals surface area (Å²) in [5.41, 5.74) is 4.47. The summed E-state index contributed by atoms with van der Waals surface area (Å²) in [6, 6.07) is 5.78. The molecule has 1 aromatic heterocycles. The Kier molecular flexibility index (Phi) is 3.49. The molecule has 3 N–H and O–H groups in total. The molecule has 20 heavy (non-hydrogen) atoms. The molecule has 0 unspecified atom stereocenters. The lowest BCUT2D eigenvalue weighted by Gasteiger charge is -2.11. The van der Waals surface area contributed by atoms with Crippen molar-refractivity contribution in [2.45, 2.75) is 38.7 Å². The number of benzene rings is 1. The van der Waals surface area contributed by atoms with Crippen molar-refractivity contribution in [2.75, 3.05) is 6.54 Å². The number of aliphatic hydroxyl groups is 1. The fourth-order valence-electron chi connectivity index (χ4n) is 2.89. The average Bonchev–Trinajstić information content (AvgIpc) is 2.82. The summed E-state index contributed by atoms with van der Waals surface area (Å²) >= 11 is 0. The molecule has 1 atom stereocenters. The van der Waals surface area contributed by atoms with E-state index >= 15 is 0 Å². The van der Waals surface area contributed by atoms with E-state index in [2.05, 4.69) is 10.3 Å². The van der Waals surface area contributed by atoms with E-state index in [1.165, 1.54) is 29.5 Å². The Hall–Kier alpha value is -1.81. The van der Waals surface area contributed by atoms with E-state index in [4.69, 9.17) is 0 Å². The number of carbonyl (C=O) groups excluding carboxylic acids is 1. The first kappa shape index (κ1) is 13.2. The molecule has 0 radical (unpaired) electrons. The lowest BCUT2D eigenvalue weighted by atomic mass is 9.95. The summed E-state index contributed by atoms with van der Waals surface area (Å²) in [6.45, 7) is 1.94. The Morgan fingerprint density at radius 1 is 1.40 bits per heavy atom. The van der Waals surface area contributed by atoms with Gasteiger partial charge in [0.2, 0.25) is 0 Å². The van der Waals surface area contributed by atoms with E-state index in [-0.39, 0.29) is 12.5 Å². The third kappa shape index (κ3) is 2.43. The van der Waals surface area contributed by atoms with Crippen molar-refractivity contribution in [3.05, 3.63) is 35.0 Å². The van der Waals surface area contributed by atoms with Crippen LogP contribution in [0.2, 0.25) is 0 Å². The number of aromatic nitrogens is 1. The van der Waals surface area contributed by atoms with Crippen LogP contribution < -0.4 is 5.32 Å². The summed E-state index contributed by atoms with van der Waals surface area (Å²) in [5, 5.41) is 13.1. The van der Waals surface area contributed by atoms with Crippen LogP contribution in [0.1, 0.15) is 41.4 Å². The number of H-pyrrole nitrogens is 1. The Morgan fingerprint density at radius 2 is 2.20 bits per heavy atom. The van der Waals surface area contributed by atoms with Crippen LogP contribution in [0.25, 0.3) is 10.9 Å². The van der Waals surface area contributed by atoms with Crippen molar-refractivity contribution in [1.82, 2.24) is 10.3 Å². The van der Waals surface area contributed by atoms with Gasteiger partial charge in [0.15, 0.2) is 0 Å². The van der Waals surface area contributed by atoms with Gasteiger partial charge in [-0.25, -0.2) is 0 Å². The maximum absolute atomic E-state index is 12.1. The van der Waals surface area contributed by atoms with Crippen molar-refractivity contribution < 1.29 is 9.90 Å². The van der Waals surface area contributed by atoms with Gasteiger partial charge < -0.3 is 15.4 Å². The smallest absolute Gasteiger partial charge is 0.251 e. The molecule has 1 aliphatic carbocycles. The van der Waals surface area contributed by atoms with Crippen molar-refractivity contribution in [3.8, 4) is 0 Å². The highest BCUT2D eigenvalue weighted by Crippen LogP contribution is 2.29. The molecule has 2 aromatic rings. The van der Waals surface area contributed by atoms with Crippen molar-refractivity contribution in [3.63, 3.8) is 0 Å². The molecule has 0 fully saturated rings. The van der Waals surface area contributed by atoms with E-state index in [9.17, 15) is 9.90 Å². The van der Waals surface area contributed by atoms with E-state index in [1.54, 1.807) is 6.92 Å². The van der Waals surface area contributed by atoms with E-state index in [1.807, 2.05) is 18.2 Å². The molecule has 1 aliphatic rings. The minimum atomic E-state index is -0.525. The van der Waals surface area contributed by atoms with Gasteiger partial charge in [-0.05, 0) is 56.4 Å². The molecule has 4 heteroatoms. The van der Waals surface area contributed by atoms with E-state index < -0.39 is 6.10 Å². The van der Waals surface area contributed by atoms with Gasteiger partial charge in [-0.15, -0.1) is 0 Å². The number of aryl methyl sites for hydroxylation is 2. The first-order chi connectivity index (χ1) is 9.65. The van der Waals surface area contributed by atoms with Crippen LogP contribution in [0.3, 0.4) is 0 Å². The number of carbonyl (C=O) groups is 1. The molecule has 1 aromatic carbocycles. The fraction of sp³-hybridized carbons (Fsp3) is 0.438. The second-order valence-electron chi connectivity index (χ2n) is 5.61. The van der Waals surface area contributed by atoms with Gasteiger partial charge >= 0.3 is 0 Å². The summed E-state index contributed by atoms with van der Waals surface area (Å²) in [7, 11) is 0. The first-order valence-electron chi connectivity index (χ1n) is 7.25. The molecular weight excluding hydrogens is 252 g/mol. The van der Waals surface area contributed by atoms with Crippen LogP contribution >= 0.6 is 0 Å². The molecule has 1 amide bonds. The van der Waals surface area contributed by atoms with Crippen LogP contribution in [0.5, 0.6) is 0 Å². The molecule has 0 spiro atoms. The number of aromatic amines is 1. The Bertz CT molecular complexity index is 643. The topological polar surface area (TPSA) is 65.1 Å². The second-order valence-corrected chi connectivity index (χ2v) is 5.61. The predicted molar refractivity (Wildman–Crippen MR) is 79.0 cm³/mol. The molecular formula is C16H20N2O2. The van der Waals surface area contributed by atoms with E-state index in [0.717, 1.165) is 18.4 Å². The summed E-state index contributed by atoms with van der Waals surface area (Å²) < 4.78 is 0. The van der Waals surface area contributed by atoms with E-state index in [0.29, 0.717) is 5.56 Å². The minimum absolute atomic E-state index is 0.126. The quantitative estimate of drug-likeness (QED) is 0.801. The third-order valence-electron chi connectivity index (χ3n) is 3.92. The van der Waals surface area contributed by atoms with Crippen molar-refractivity contribution in [1.29, 1.82) is 0 Å². The van der Waals surface area contributed by atoms with Crippen molar-refractivity contribution >= 4 is 16.8 Å². The maximum Gasteiger partial charge on any atom is 0.251 e. The number of hydrogen-bond donors (Lipinski definition) is 3. The van der Waals surface area contributed by atoms with Crippen LogP contribution in [0.4, 0.5) is 0 Å². The molecule has 1 heterocycles. The normalized spacial score (nSPS) is 15.9. The summed E-state index contributed by atoms with van der Waals surface area (Å²) in [4.78, 5) is 15.5. The monoisotopic (exact) mass is 272 g/mol. The Balaban J connectivity index is 1.91. The molecule has 0 saturated heterocycles. The van der Waals surface area contributed by atoms with Crippen molar-refractivity contribution in [2.24, 2.45) is 0 Å². The number of hydrogen-bond acceptors (Lipinski definition) is 2. The number of rotatable bonds is 3. The highest BCUT2D eigenvalue weighted by molar-refractivity contribution is 5.99. The van der Waals surface area contributed by atoms with Gasteiger partial charge in [0.25, 0.3) is 5.91 Å². The largest absolute Gasteiger partial charge is 0.392 e. The lowest BCUT2D eigenvalue weighted by molar-refractivity contribution is 0.0924. The molecule has 0 saturated carbocycles. The molecule has 106 valence electrons. The molecule has 0 bridgehead atoms. The molecule has 0 aliphatic heterocycles.